The fourth-order valence-corrected chi connectivity index (χ4v) is 3.95. The molecule has 2 N–H and O–H groups in total. The van der Waals surface area contributed by atoms with Crippen LogP contribution in [0.1, 0.15) is 38.6 Å². The number of hydrogen-bond acceptors (Lipinski definition) is 5. The lowest BCUT2D eigenvalue weighted by Crippen LogP contribution is -2.44. The van der Waals surface area contributed by atoms with Crippen molar-refractivity contribution in [3.05, 3.63) is 18.2 Å². The normalized spacial score (nSPS) is 24.5. The molecule has 7 heteroatoms. The summed E-state index contributed by atoms with van der Waals surface area (Å²) >= 11 is 0. The predicted octanol–water partition coefficient (Wildman–Crippen LogP) is 0.862. The highest BCUT2D eigenvalue weighted by molar-refractivity contribution is 5.77. The summed E-state index contributed by atoms with van der Waals surface area (Å²) in [5.41, 5.74) is 5.70. The van der Waals surface area contributed by atoms with Crippen LogP contribution in [0.2, 0.25) is 0 Å². The van der Waals surface area contributed by atoms with Gasteiger partial charge in [0.2, 0.25) is 5.91 Å². The second kappa shape index (κ2) is 8.29. The average molecular weight is 349 g/mol. The molecule has 3 heterocycles. The summed E-state index contributed by atoms with van der Waals surface area (Å²) in [6.07, 6.45) is 5.97. The Kier molecular flexibility index (Phi) is 6.09. The standard InChI is InChI=1S/C18H31N5O2/c1-14(2)23-6-5-20-17(23)13-21-7-8-22(12-15(11-21)18(19)24)16-3-9-25-10-4-16/h5-6,14-16H,3-4,7-13H2,1-2H3,(H2,19,24). The molecule has 7 nitrogen and oxygen atoms in total. The summed E-state index contributed by atoms with van der Waals surface area (Å²) in [5.74, 6) is 0.724. The first-order valence-electron chi connectivity index (χ1n) is 9.39. The molecule has 1 unspecified atom stereocenters. The molecule has 2 saturated heterocycles. The number of amides is 1. The molecule has 1 atom stereocenters. The number of nitrogens with zero attached hydrogens (tertiary/aromatic N) is 4. The van der Waals surface area contributed by atoms with Gasteiger partial charge >= 0.3 is 0 Å². The van der Waals surface area contributed by atoms with E-state index in [1.165, 1.54) is 0 Å². The number of nitrogens with two attached hydrogens (primary N) is 1. The van der Waals surface area contributed by atoms with Crippen LogP contribution in [0.5, 0.6) is 0 Å². The van der Waals surface area contributed by atoms with Gasteiger partial charge < -0.3 is 15.0 Å². The summed E-state index contributed by atoms with van der Waals surface area (Å²) in [6.45, 7) is 10.1. The van der Waals surface area contributed by atoms with Gasteiger partial charge in [0.15, 0.2) is 0 Å². The molecule has 0 spiro atoms. The van der Waals surface area contributed by atoms with E-state index in [0.717, 1.165) is 58.1 Å². The monoisotopic (exact) mass is 349 g/mol. The smallest absolute Gasteiger partial charge is 0.223 e. The van der Waals surface area contributed by atoms with Crippen LogP contribution in [0.4, 0.5) is 0 Å². The third-order valence-corrected chi connectivity index (χ3v) is 5.42. The summed E-state index contributed by atoms with van der Waals surface area (Å²) in [6, 6.07) is 0.892. The minimum absolute atomic E-state index is 0.132. The Morgan fingerprint density at radius 3 is 2.76 bits per heavy atom. The molecule has 0 radical (unpaired) electrons. The van der Waals surface area contributed by atoms with Crippen LogP contribution in [0, 0.1) is 5.92 Å². The van der Waals surface area contributed by atoms with Crippen molar-refractivity contribution in [1.82, 2.24) is 19.4 Å². The van der Waals surface area contributed by atoms with Gasteiger partial charge in [-0.05, 0) is 26.7 Å². The number of rotatable bonds is 5. The van der Waals surface area contributed by atoms with Gasteiger partial charge in [0.1, 0.15) is 5.82 Å². The molecule has 0 aromatic carbocycles. The third-order valence-electron chi connectivity index (χ3n) is 5.42. The Morgan fingerprint density at radius 2 is 2.08 bits per heavy atom. The molecular formula is C18H31N5O2. The molecule has 0 bridgehead atoms. The van der Waals surface area contributed by atoms with Crippen LogP contribution in [0.25, 0.3) is 0 Å². The maximum absolute atomic E-state index is 12.0. The van der Waals surface area contributed by atoms with Crippen molar-refractivity contribution in [2.45, 2.75) is 45.3 Å². The zero-order valence-corrected chi connectivity index (χ0v) is 15.4. The van der Waals surface area contributed by atoms with E-state index >= 15 is 0 Å². The largest absolute Gasteiger partial charge is 0.381 e. The Morgan fingerprint density at radius 1 is 1.32 bits per heavy atom. The highest BCUT2D eigenvalue weighted by Gasteiger charge is 2.31. The molecule has 2 aliphatic heterocycles. The van der Waals surface area contributed by atoms with E-state index in [4.69, 9.17) is 10.5 Å². The van der Waals surface area contributed by atoms with Crippen LogP contribution < -0.4 is 5.73 Å². The number of carbonyl (C=O) groups excluding carboxylic acids is 1. The molecule has 0 saturated carbocycles. The Bertz CT molecular complexity index is 568. The molecule has 1 amide bonds. The number of aromatic nitrogens is 2. The lowest BCUT2D eigenvalue weighted by Gasteiger charge is -2.34. The fraction of sp³-hybridized carbons (Fsp3) is 0.778. The molecule has 2 aliphatic rings. The first-order valence-corrected chi connectivity index (χ1v) is 9.39. The van der Waals surface area contributed by atoms with Gasteiger partial charge in [-0.15, -0.1) is 0 Å². The van der Waals surface area contributed by atoms with E-state index in [2.05, 4.69) is 33.2 Å². The number of hydrogen-bond donors (Lipinski definition) is 1. The van der Waals surface area contributed by atoms with Crippen molar-refractivity contribution in [2.75, 3.05) is 39.4 Å². The second-order valence-corrected chi connectivity index (χ2v) is 7.52. The van der Waals surface area contributed by atoms with Crippen molar-refractivity contribution in [3.8, 4) is 0 Å². The molecule has 0 aliphatic carbocycles. The highest BCUT2D eigenvalue weighted by atomic mass is 16.5. The molecule has 1 aromatic heterocycles. The SMILES string of the molecule is CC(C)n1ccnc1CN1CCN(C2CCOCC2)CC(C(N)=O)C1. The predicted molar refractivity (Wildman–Crippen MR) is 96.0 cm³/mol. The van der Waals surface area contributed by atoms with Crippen molar-refractivity contribution in [1.29, 1.82) is 0 Å². The Labute approximate surface area is 150 Å². The number of ether oxygens (including phenoxy) is 1. The van der Waals surface area contributed by atoms with E-state index < -0.39 is 0 Å². The first-order chi connectivity index (χ1) is 12.0. The third kappa shape index (κ3) is 4.59. The quantitative estimate of drug-likeness (QED) is 0.853. The van der Waals surface area contributed by atoms with E-state index in [9.17, 15) is 4.79 Å². The molecule has 25 heavy (non-hydrogen) atoms. The summed E-state index contributed by atoms with van der Waals surface area (Å²) < 4.78 is 7.68. The van der Waals surface area contributed by atoms with E-state index in [-0.39, 0.29) is 11.8 Å². The van der Waals surface area contributed by atoms with Crippen molar-refractivity contribution in [2.24, 2.45) is 11.7 Å². The lowest BCUT2D eigenvalue weighted by molar-refractivity contribution is -0.122. The maximum atomic E-state index is 12.0. The summed E-state index contributed by atoms with van der Waals surface area (Å²) in [5, 5.41) is 0. The van der Waals surface area contributed by atoms with Crippen molar-refractivity contribution in [3.63, 3.8) is 0 Å². The maximum Gasteiger partial charge on any atom is 0.223 e. The van der Waals surface area contributed by atoms with Gasteiger partial charge in [-0.2, -0.15) is 0 Å². The first kappa shape index (κ1) is 18.4. The van der Waals surface area contributed by atoms with Gasteiger partial charge in [-0.25, -0.2) is 4.98 Å². The van der Waals surface area contributed by atoms with E-state index in [1.54, 1.807) is 0 Å². The van der Waals surface area contributed by atoms with Crippen molar-refractivity contribution >= 4 is 5.91 Å². The van der Waals surface area contributed by atoms with Crippen LogP contribution in [0.15, 0.2) is 12.4 Å². The molecule has 3 rings (SSSR count). The second-order valence-electron chi connectivity index (χ2n) is 7.52. The van der Waals surface area contributed by atoms with Crippen LogP contribution in [-0.2, 0) is 16.1 Å². The summed E-state index contributed by atoms with van der Waals surface area (Å²) in [4.78, 5) is 21.3. The number of imidazole rings is 1. The molecule has 1 aromatic rings. The van der Waals surface area contributed by atoms with E-state index in [0.29, 0.717) is 18.6 Å². The van der Waals surface area contributed by atoms with Crippen molar-refractivity contribution < 1.29 is 9.53 Å². The van der Waals surface area contributed by atoms with Gasteiger partial charge in [0.05, 0.1) is 12.5 Å². The fourth-order valence-electron chi connectivity index (χ4n) is 3.95. The summed E-state index contributed by atoms with van der Waals surface area (Å²) in [7, 11) is 0. The Hall–Kier alpha value is -1.44. The molecular weight excluding hydrogens is 318 g/mol. The van der Waals surface area contributed by atoms with Gasteiger partial charge in [-0.1, -0.05) is 0 Å². The van der Waals surface area contributed by atoms with Gasteiger partial charge in [0.25, 0.3) is 0 Å². The topological polar surface area (TPSA) is 76.6 Å². The minimum Gasteiger partial charge on any atom is -0.381 e. The number of primary amides is 1. The zero-order chi connectivity index (χ0) is 17.8. The number of carbonyl (C=O) groups is 1. The van der Waals surface area contributed by atoms with Crippen LogP contribution >= 0.6 is 0 Å². The molecule has 140 valence electrons. The van der Waals surface area contributed by atoms with E-state index in [1.807, 2.05) is 12.4 Å². The zero-order valence-electron chi connectivity index (χ0n) is 15.4. The minimum atomic E-state index is -0.198. The lowest BCUT2D eigenvalue weighted by atomic mass is 10.0. The van der Waals surface area contributed by atoms with Crippen LogP contribution in [0.3, 0.4) is 0 Å². The van der Waals surface area contributed by atoms with Gasteiger partial charge in [0, 0.05) is 63.9 Å². The average Bonchev–Trinajstić information content (AvgIpc) is 2.95. The highest BCUT2D eigenvalue weighted by Crippen LogP contribution is 2.20. The van der Waals surface area contributed by atoms with Crippen LogP contribution in [-0.4, -0.2) is 70.7 Å². The molecule has 2 fully saturated rings. The Balaban J connectivity index is 1.69. The van der Waals surface area contributed by atoms with Gasteiger partial charge in [-0.3, -0.25) is 14.6 Å².